The Labute approximate surface area is 139 Å². The molecule has 0 N–H and O–H groups in total. The molecule has 0 aliphatic carbocycles. The number of fused-ring (bicyclic) bond motifs is 1. The van der Waals surface area contributed by atoms with Crippen molar-refractivity contribution >= 4 is 11.5 Å². The number of methoxy groups -OCH3 is 1. The molecule has 0 unspecified atom stereocenters. The highest BCUT2D eigenvalue weighted by Gasteiger charge is 2.13. The van der Waals surface area contributed by atoms with E-state index in [1.165, 1.54) is 7.11 Å². The van der Waals surface area contributed by atoms with Gasteiger partial charge in [-0.25, -0.2) is 4.79 Å². The molecule has 3 rings (SSSR count). The van der Waals surface area contributed by atoms with Crippen LogP contribution in [0.3, 0.4) is 0 Å². The second kappa shape index (κ2) is 6.47. The van der Waals surface area contributed by atoms with Crippen molar-refractivity contribution in [2.24, 2.45) is 0 Å². The summed E-state index contributed by atoms with van der Waals surface area (Å²) in [5.74, 6) is 0.184. The Morgan fingerprint density at radius 2 is 2.12 bits per heavy atom. The van der Waals surface area contributed by atoms with Gasteiger partial charge in [0.1, 0.15) is 18.4 Å². The van der Waals surface area contributed by atoms with Gasteiger partial charge in [-0.3, -0.25) is 0 Å². The first kappa shape index (κ1) is 15.6. The van der Waals surface area contributed by atoms with Gasteiger partial charge in [-0.15, -0.1) is 0 Å². The van der Waals surface area contributed by atoms with E-state index in [9.17, 15) is 10.1 Å². The van der Waals surface area contributed by atoms with E-state index in [1.54, 1.807) is 12.1 Å². The normalized spacial score (nSPS) is 10.4. The number of pyridine rings is 1. The molecule has 0 aliphatic heterocycles. The first-order valence-corrected chi connectivity index (χ1v) is 7.44. The number of carbonyl (C=O) groups is 1. The average Bonchev–Trinajstić information content (AvgIpc) is 2.97. The Bertz CT molecular complexity index is 951. The quantitative estimate of drug-likeness (QED) is 0.690. The average molecular weight is 320 g/mol. The third-order valence-electron chi connectivity index (χ3n) is 3.87. The predicted octanol–water partition coefficient (Wildman–Crippen LogP) is 3.49. The summed E-state index contributed by atoms with van der Waals surface area (Å²) in [4.78, 5) is 11.6. The van der Waals surface area contributed by atoms with Gasteiger partial charge in [-0.05, 0) is 36.8 Å². The van der Waals surface area contributed by atoms with Crippen LogP contribution in [0.4, 0.5) is 0 Å². The van der Waals surface area contributed by atoms with Gasteiger partial charge < -0.3 is 13.9 Å². The van der Waals surface area contributed by atoms with Crippen molar-refractivity contribution in [3.63, 3.8) is 0 Å². The second-order valence-corrected chi connectivity index (χ2v) is 5.39. The maximum Gasteiger partial charge on any atom is 0.337 e. The van der Waals surface area contributed by atoms with E-state index < -0.39 is 5.97 Å². The van der Waals surface area contributed by atoms with Gasteiger partial charge in [0, 0.05) is 18.0 Å². The van der Waals surface area contributed by atoms with Gasteiger partial charge in [0.25, 0.3) is 0 Å². The highest BCUT2D eigenvalue weighted by atomic mass is 16.5. The topological polar surface area (TPSA) is 63.7 Å². The van der Waals surface area contributed by atoms with Gasteiger partial charge in [-0.1, -0.05) is 12.1 Å². The van der Waals surface area contributed by atoms with Gasteiger partial charge in [0.05, 0.1) is 23.8 Å². The lowest BCUT2D eigenvalue weighted by molar-refractivity contribution is 0.0600. The fourth-order valence-corrected chi connectivity index (χ4v) is 2.57. The molecule has 1 aromatic carbocycles. The highest BCUT2D eigenvalue weighted by molar-refractivity contribution is 5.89. The van der Waals surface area contributed by atoms with Crippen molar-refractivity contribution in [3.8, 4) is 11.8 Å². The molecule has 120 valence electrons. The van der Waals surface area contributed by atoms with E-state index >= 15 is 0 Å². The van der Waals surface area contributed by atoms with Crippen molar-refractivity contribution in [1.29, 1.82) is 5.26 Å². The fraction of sp³-hybridized carbons (Fsp3) is 0.158. The second-order valence-electron chi connectivity index (χ2n) is 5.39. The van der Waals surface area contributed by atoms with Gasteiger partial charge >= 0.3 is 5.97 Å². The van der Waals surface area contributed by atoms with Crippen LogP contribution in [-0.2, 0) is 11.3 Å². The molecule has 5 heteroatoms. The van der Waals surface area contributed by atoms with Crippen LogP contribution in [0.15, 0.2) is 48.8 Å². The summed E-state index contributed by atoms with van der Waals surface area (Å²) in [7, 11) is 1.34. The SMILES string of the molecule is COC(=O)c1ccc(C)c(OCc2cn3ccccc3c2C#N)c1. The molecule has 0 saturated carbocycles. The zero-order valence-electron chi connectivity index (χ0n) is 13.4. The van der Waals surface area contributed by atoms with Crippen molar-refractivity contribution in [2.75, 3.05) is 7.11 Å². The number of benzene rings is 1. The molecule has 0 atom stereocenters. The summed E-state index contributed by atoms with van der Waals surface area (Å²) in [6.45, 7) is 2.15. The van der Waals surface area contributed by atoms with Crippen molar-refractivity contribution in [1.82, 2.24) is 4.40 Å². The van der Waals surface area contributed by atoms with Crippen LogP contribution in [0, 0.1) is 18.3 Å². The van der Waals surface area contributed by atoms with Gasteiger partial charge in [0.2, 0.25) is 0 Å². The van der Waals surface area contributed by atoms with E-state index in [-0.39, 0.29) is 6.61 Å². The molecule has 3 aromatic rings. The molecule has 0 amide bonds. The summed E-state index contributed by atoms with van der Waals surface area (Å²) < 4.78 is 12.5. The van der Waals surface area contributed by atoms with Crippen LogP contribution >= 0.6 is 0 Å². The zero-order valence-corrected chi connectivity index (χ0v) is 13.4. The third kappa shape index (κ3) is 2.82. The van der Waals surface area contributed by atoms with Crippen molar-refractivity contribution < 1.29 is 14.3 Å². The largest absolute Gasteiger partial charge is 0.489 e. The van der Waals surface area contributed by atoms with Crippen LogP contribution in [0.5, 0.6) is 5.75 Å². The number of nitriles is 1. The number of ether oxygens (including phenoxy) is 2. The summed E-state index contributed by atoms with van der Waals surface area (Å²) >= 11 is 0. The summed E-state index contributed by atoms with van der Waals surface area (Å²) in [6.07, 6.45) is 3.77. The minimum atomic E-state index is -0.410. The van der Waals surface area contributed by atoms with Gasteiger partial charge in [-0.2, -0.15) is 5.26 Å². The highest BCUT2D eigenvalue weighted by Crippen LogP contribution is 2.24. The molecule has 0 bridgehead atoms. The minimum absolute atomic E-state index is 0.246. The number of hydrogen-bond donors (Lipinski definition) is 0. The molecule has 0 aliphatic rings. The zero-order chi connectivity index (χ0) is 17.1. The first-order valence-electron chi connectivity index (χ1n) is 7.44. The molecule has 2 heterocycles. The minimum Gasteiger partial charge on any atom is -0.489 e. The van der Waals surface area contributed by atoms with E-state index in [1.807, 2.05) is 48.0 Å². The number of hydrogen-bond acceptors (Lipinski definition) is 4. The van der Waals surface area contributed by atoms with E-state index in [0.717, 1.165) is 16.6 Å². The van der Waals surface area contributed by atoms with E-state index in [2.05, 4.69) is 6.07 Å². The molecule has 5 nitrogen and oxygen atoms in total. The van der Waals surface area contributed by atoms with Crippen LogP contribution in [-0.4, -0.2) is 17.5 Å². The van der Waals surface area contributed by atoms with Crippen LogP contribution in [0.1, 0.15) is 27.0 Å². The number of aryl methyl sites for hydroxylation is 1. The number of nitrogens with zero attached hydrogens (tertiary/aromatic N) is 2. The molecule has 2 aromatic heterocycles. The number of aromatic nitrogens is 1. The Morgan fingerprint density at radius 3 is 2.88 bits per heavy atom. The smallest absolute Gasteiger partial charge is 0.337 e. The standard InChI is InChI=1S/C19H16N2O3/c1-13-6-7-14(19(22)23-2)9-18(13)24-12-15-11-21-8-4-3-5-17(21)16(15)10-20/h3-9,11H,12H2,1-2H3. The van der Waals surface area contributed by atoms with Crippen LogP contribution in [0.2, 0.25) is 0 Å². The fourth-order valence-electron chi connectivity index (χ4n) is 2.57. The van der Waals surface area contributed by atoms with E-state index in [4.69, 9.17) is 9.47 Å². The Balaban J connectivity index is 1.89. The molecule has 24 heavy (non-hydrogen) atoms. The lowest BCUT2D eigenvalue weighted by Crippen LogP contribution is -2.03. The summed E-state index contributed by atoms with van der Waals surface area (Å²) in [6, 6.07) is 13.1. The monoisotopic (exact) mass is 320 g/mol. The Hall–Kier alpha value is -3.26. The third-order valence-corrected chi connectivity index (χ3v) is 3.87. The maximum atomic E-state index is 11.6. The number of esters is 1. The number of rotatable bonds is 4. The maximum absolute atomic E-state index is 11.6. The molecular formula is C19H16N2O3. The Kier molecular flexibility index (Phi) is 4.21. The lowest BCUT2D eigenvalue weighted by Gasteiger charge is -2.10. The first-order chi connectivity index (χ1) is 11.6. The molecule has 0 spiro atoms. The van der Waals surface area contributed by atoms with Gasteiger partial charge in [0.15, 0.2) is 0 Å². The van der Waals surface area contributed by atoms with E-state index in [0.29, 0.717) is 16.9 Å². The van der Waals surface area contributed by atoms with Crippen LogP contribution < -0.4 is 4.74 Å². The number of carbonyl (C=O) groups excluding carboxylic acids is 1. The van der Waals surface area contributed by atoms with Crippen LogP contribution in [0.25, 0.3) is 5.52 Å². The van der Waals surface area contributed by atoms with Crippen molar-refractivity contribution in [2.45, 2.75) is 13.5 Å². The predicted molar refractivity (Wildman–Crippen MR) is 89.0 cm³/mol. The molecule has 0 radical (unpaired) electrons. The lowest BCUT2D eigenvalue weighted by atomic mass is 10.1. The molecule has 0 saturated heterocycles. The summed E-state index contributed by atoms with van der Waals surface area (Å²) in [5, 5.41) is 9.43. The Morgan fingerprint density at radius 1 is 1.29 bits per heavy atom. The summed E-state index contributed by atoms with van der Waals surface area (Å²) in [5.41, 5.74) is 3.58. The molecule has 0 fully saturated rings. The molecular weight excluding hydrogens is 304 g/mol. The van der Waals surface area contributed by atoms with Crippen molar-refractivity contribution in [3.05, 3.63) is 71.0 Å².